The van der Waals surface area contributed by atoms with Gasteiger partial charge in [-0.1, -0.05) is 18.2 Å². The Labute approximate surface area is 153 Å². The number of anilines is 1. The molecule has 0 aromatic heterocycles. The summed E-state index contributed by atoms with van der Waals surface area (Å²) in [6.45, 7) is 0. The fourth-order valence-corrected chi connectivity index (χ4v) is 2.24. The molecule has 0 spiro atoms. The van der Waals surface area contributed by atoms with Gasteiger partial charge < -0.3 is 14.8 Å². The number of benzene rings is 3. The van der Waals surface area contributed by atoms with Crippen LogP contribution in [-0.2, 0) is 0 Å². The van der Waals surface area contributed by atoms with Crippen molar-refractivity contribution < 1.29 is 27.4 Å². The molecule has 0 aliphatic rings. The lowest BCUT2D eigenvalue weighted by molar-refractivity contribution is -0.274. The number of hydrogen-bond donors (Lipinski definition) is 1. The predicted molar refractivity (Wildman–Crippen MR) is 94.0 cm³/mol. The number of carbonyl (C=O) groups excluding carboxylic acids is 1. The van der Waals surface area contributed by atoms with Crippen molar-refractivity contribution in [3.63, 3.8) is 0 Å². The SMILES string of the molecule is O=C(Nc1ccc(OC(F)(F)F)cc1)c1ccc(Oc2ccccc2)cc1. The fourth-order valence-electron chi connectivity index (χ4n) is 2.24. The Hall–Kier alpha value is -3.48. The van der Waals surface area contributed by atoms with E-state index in [-0.39, 0.29) is 5.75 Å². The summed E-state index contributed by atoms with van der Waals surface area (Å²) in [5.41, 5.74) is 0.727. The molecule has 0 atom stereocenters. The van der Waals surface area contributed by atoms with Crippen molar-refractivity contribution >= 4 is 11.6 Å². The molecule has 1 amide bonds. The zero-order chi connectivity index (χ0) is 19.3. The average molecular weight is 373 g/mol. The first kappa shape index (κ1) is 18.3. The molecule has 1 N–H and O–H groups in total. The molecule has 3 aromatic rings. The van der Waals surface area contributed by atoms with Gasteiger partial charge in [-0.15, -0.1) is 13.2 Å². The van der Waals surface area contributed by atoms with Crippen molar-refractivity contribution in [2.45, 2.75) is 6.36 Å². The highest BCUT2D eigenvalue weighted by molar-refractivity contribution is 6.04. The molecular weight excluding hydrogens is 359 g/mol. The summed E-state index contributed by atoms with van der Waals surface area (Å²) >= 11 is 0. The molecule has 3 aromatic carbocycles. The molecule has 0 saturated heterocycles. The van der Waals surface area contributed by atoms with Crippen LogP contribution in [0.2, 0.25) is 0 Å². The standard InChI is InChI=1S/C20H14F3NO3/c21-20(22,23)27-18-12-8-15(9-13-18)24-19(25)14-6-10-17(11-7-14)26-16-4-2-1-3-5-16/h1-13H,(H,24,25). The minimum absolute atomic E-state index is 0.346. The van der Waals surface area contributed by atoms with E-state index >= 15 is 0 Å². The first-order chi connectivity index (χ1) is 12.9. The highest BCUT2D eigenvalue weighted by Crippen LogP contribution is 2.25. The van der Waals surface area contributed by atoms with Crippen molar-refractivity contribution in [1.82, 2.24) is 0 Å². The summed E-state index contributed by atoms with van der Waals surface area (Å²) in [5, 5.41) is 2.60. The summed E-state index contributed by atoms with van der Waals surface area (Å²) in [7, 11) is 0. The molecule has 27 heavy (non-hydrogen) atoms. The number of amides is 1. The highest BCUT2D eigenvalue weighted by Gasteiger charge is 2.30. The first-order valence-electron chi connectivity index (χ1n) is 7.89. The minimum Gasteiger partial charge on any atom is -0.457 e. The molecule has 0 unspecified atom stereocenters. The maximum absolute atomic E-state index is 12.2. The Morgan fingerprint density at radius 1 is 0.741 bits per heavy atom. The van der Waals surface area contributed by atoms with Crippen molar-refractivity contribution in [1.29, 1.82) is 0 Å². The van der Waals surface area contributed by atoms with E-state index in [0.717, 1.165) is 12.1 Å². The van der Waals surface area contributed by atoms with Gasteiger partial charge in [0.25, 0.3) is 5.91 Å². The summed E-state index contributed by atoms with van der Waals surface area (Å²) in [4.78, 5) is 12.2. The van der Waals surface area contributed by atoms with Crippen molar-refractivity contribution in [3.8, 4) is 17.2 Å². The number of para-hydroxylation sites is 1. The Balaban J connectivity index is 1.61. The van der Waals surface area contributed by atoms with Gasteiger partial charge in [-0.25, -0.2) is 0 Å². The monoisotopic (exact) mass is 373 g/mol. The Kier molecular flexibility index (Phi) is 5.30. The number of carbonyl (C=O) groups is 1. The van der Waals surface area contributed by atoms with Gasteiger partial charge in [-0.3, -0.25) is 4.79 Å². The topological polar surface area (TPSA) is 47.6 Å². The van der Waals surface area contributed by atoms with Crippen LogP contribution in [0.25, 0.3) is 0 Å². The molecule has 0 saturated carbocycles. The second-order valence-electron chi connectivity index (χ2n) is 5.47. The summed E-state index contributed by atoms with van der Waals surface area (Å²) in [5.74, 6) is 0.496. The summed E-state index contributed by atoms with van der Waals surface area (Å²) in [6, 6.07) is 20.6. The van der Waals surface area contributed by atoms with Crippen molar-refractivity contribution in [3.05, 3.63) is 84.4 Å². The molecule has 0 radical (unpaired) electrons. The number of ether oxygens (including phenoxy) is 2. The van der Waals surface area contributed by atoms with Crippen LogP contribution >= 0.6 is 0 Å². The van der Waals surface area contributed by atoms with E-state index in [1.807, 2.05) is 30.3 Å². The summed E-state index contributed by atoms with van der Waals surface area (Å²) in [6.07, 6.45) is -4.76. The Bertz CT molecular complexity index is 893. The zero-order valence-electron chi connectivity index (χ0n) is 13.9. The van der Waals surface area contributed by atoms with Gasteiger partial charge in [0, 0.05) is 11.3 Å². The largest absolute Gasteiger partial charge is 0.573 e. The van der Waals surface area contributed by atoms with Gasteiger partial charge in [0.2, 0.25) is 0 Å². The molecule has 0 bridgehead atoms. The molecule has 0 aliphatic carbocycles. The zero-order valence-corrected chi connectivity index (χ0v) is 13.9. The molecule has 138 valence electrons. The number of alkyl halides is 3. The van der Waals surface area contributed by atoms with E-state index in [9.17, 15) is 18.0 Å². The molecule has 0 heterocycles. The van der Waals surface area contributed by atoms with Crippen LogP contribution in [-0.4, -0.2) is 12.3 Å². The van der Waals surface area contributed by atoms with Crippen LogP contribution in [0.4, 0.5) is 18.9 Å². The van der Waals surface area contributed by atoms with Crippen LogP contribution in [0.15, 0.2) is 78.9 Å². The third-order valence-electron chi connectivity index (χ3n) is 3.44. The van der Waals surface area contributed by atoms with Gasteiger partial charge in [-0.2, -0.15) is 0 Å². The minimum atomic E-state index is -4.76. The average Bonchev–Trinajstić information content (AvgIpc) is 2.63. The Morgan fingerprint density at radius 3 is 1.89 bits per heavy atom. The fraction of sp³-hybridized carbons (Fsp3) is 0.0500. The quantitative estimate of drug-likeness (QED) is 0.631. The van der Waals surface area contributed by atoms with Gasteiger partial charge in [0.15, 0.2) is 0 Å². The van der Waals surface area contributed by atoms with Gasteiger partial charge in [0.1, 0.15) is 17.2 Å². The third-order valence-corrected chi connectivity index (χ3v) is 3.44. The van der Waals surface area contributed by atoms with Gasteiger partial charge >= 0.3 is 6.36 Å². The molecule has 0 aliphatic heterocycles. The molecule has 7 heteroatoms. The number of nitrogens with one attached hydrogen (secondary N) is 1. The van der Waals surface area contributed by atoms with Crippen molar-refractivity contribution in [2.24, 2.45) is 0 Å². The smallest absolute Gasteiger partial charge is 0.457 e. The van der Waals surface area contributed by atoms with E-state index in [1.165, 1.54) is 12.1 Å². The van der Waals surface area contributed by atoms with Gasteiger partial charge in [0.05, 0.1) is 0 Å². The van der Waals surface area contributed by atoms with E-state index in [2.05, 4.69) is 10.1 Å². The maximum atomic E-state index is 12.2. The lowest BCUT2D eigenvalue weighted by Gasteiger charge is -2.10. The predicted octanol–water partition coefficient (Wildman–Crippen LogP) is 5.63. The van der Waals surface area contributed by atoms with Crippen LogP contribution in [0.3, 0.4) is 0 Å². The van der Waals surface area contributed by atoms with Crippen LogP contribution in [0.1, 0.15) is 10.4 Å². The van der Waals surface area contributed by atoms with Crippen LogP contribution in [0, 0.1) is 0 Å². The molecule has 4 nitrogen and oxygen atoms in total. The normalized spacial score (nSPS) is 10.9. The first-order valence-corrected chi connectivity index (χ1v) is 7.89. The van der Waals surface area contributed by atoms with Crippen LogP contribution < -0.4 is 14.8 Å². The molecule has 0 fully saturated rings. The number of halogens is 3. The molecule has 3 rings (SSSR count). The second-order valence-corrected chi connectivity index (χ2v) is 5.47. The third kappa shape index (κ3) is 5.50. The summed E-state index contributed by atoms with van der Waals surface area (Å²) < 4.78 is 45.9. The van der Waals surface area contributed by atoms with Crippen molar-refractivity contribution in [2.75, 3.05) is 5.32 Å². The Morgan fingerprint density at radius 2 is 1.30 bits per heavy atom. The van der Waals surface area contributed by atoms with E-state index in [1.54, 1.807) is 24.3 Å². The van der Waals surface area contributed by atoms with E-state index in [4.69, 9.17) is 4.74 Å². The number of hydrogen-bond acceptors (Lipinski definition) is 3. The second kappa shape index (κ2) is 7.82. The van der Waals surface area contributed by atoms with Gasteiger partial charge in [-0.05, 0) is 60.7 Å². The van der Waals surface area contributed by atoms with Crippen LogP contribution in [0.5, 0.6) is 17.2 Å². The lowest BCUT2D eigenvalue weighted by Crippen LogP contribution is -2.17. The highest BCUT2D eigenvalue weighted by atomic mass is 19.4. The van der Waals surface area contributed by atoms with E-state index < -0.39 is 12.3 Å². The lowest BCUT2D eigenvalue weighted by atomic mass is 10.2. The maximum Gasteiger partial charge on any atom is 0.573 e. The van der Waals surface area contributed by atoms with E-state index in [0.29, 0.717) is 22.7 Å². The number of rotatable bonds is 5. The molecular formula is C20H14F3NO3.